The number of hydrogen-bond donors (Lipinski definition) is 1. The van der Waals surface area contributed by atoms with E-state index in [1.165, 1.54) is 0 Å². The van der Waals surface area contributed by atoms with Gasteiger partial charge in [-0.25, -0.2) is 4.98 Å². The molecule has 6 nitrogen and oxygen atoms in total. The minimum atomic E-state index is -0.269. The second kappa shape index (κ2) is 6.49. The van der Waals surface area contributed by atoms with Crippen LogP contribution in [0.2, 0.25) is 5.02 Å². The SMILES string of the molecule is O=C(Nc1ccc(-n2ccnc2)cc1)c1cc(Cl)c2c(c1)OCCO2. The fourth-order valence-electron chi connectivity index (χ4n) is 2.57. The van der Waals surface area contributed by atoms with Crippen LogP contribution in [0.5, 0.6) is 11.5 Å². The Morgan fingerprint density at radius 1 is 1.16 bits per heavy atom. The highest BCUT2D eigenvalue weighted by Crippen LogP contribution is 2.38. The van der Waals surface area contributed by atoms with E-state index in [0.29, 0.717) is 41.0 Å². The minimum Gasteiger partial charge on any atom is -0.486 e. The molecule has 1 N–H and O–H groups in total. The van der Waals surface area contributed by atoms with Crippen molar-refractivity contribution in [3.8, 4) is 17.2 Å². The molecule has 25 heavy (non-hydrogen) atoms. The highest BCUT2D eigenvalue weighted by Gasteiger charge is 2.19. The van der Waals surface area contributed by atoms with Gasteiger partial charge in [-0.1, -0.05) is 11.6 Å². The van der Waals surface area contributed by atoms with E-state index in [-0.39, 0.29) is 5.91 Å². The fourth-order valence-corrected chi connectivity index (χ4v) is 2.84. The number of benzene rings is 2. The summed E-state index contributed by atoms with van der Waals surface area (Å²) in [5, 5.41) is 3.20. The van der Waals surface area contributed by atoms with Gasteiger partial charge in [0.05, 0.1) is 11.3 Å². The summed E-state index contributed by atoms with van der Waals surface area (Å²) in [6, 6.07) is 10.7. The number of amides is 1. The van der Waals surface area contributed by atoms with Crippen LogP contribution in [0.4, 0.5) is 5.69 Å². The number of anilines is 1. The zero-order chi connectivity index (χ0) is 17.2. The van der Waals surface area contributed by atoms with Crippen molar-refractivity contribution in [3.05, 3.63) is 65.7 Å². The molecule has 1 amide bonds. The third-order valence-corrected chi connectivity index (χ3v) is 4.07. The number of nitrogens with zero attached hydrogens (tertiary/aromatic N) is 2. The lowest BCUT2D eigenvalue weighted by Gasteiger charge is -2.20. The van der Waals surface area contributed by atoms with Crippen LogP contribution in [0.15, 0.2) is 55.1 Å². The zero-order valence-corrected chi connectivity index (χ0v) is 13.9. The summed E-state index contributed by atoms with van der Waals surface area (Å²) in [4.78, 5) is 16.5. The first-order chi connectivity index (χ1) is 12.2. The summed E-state index contributed by atoms with van der Waals surface area (Å²) in [6.45, 7) is 0.881. The molecular weight excluding hydrogens is 342 g/mol. The lowest BCUT2D eigenvalue weighted by atomic mass is 10.1. The van der Waals surface area contributed by atoms with Gasteiger partial charge in [-0.15, -0.1) is 0 Å². The van der Waals surface area contributed by atoms with Crippen molar-refractivity contribution < 1.29 is 14.3 Å². The topological polar surface area (TPSA) is 65.4 Å². The zero-order valence-electron chi connectivity index (χ0n) is 13.1. The van der Waals surface area contributed by atoms with Crippen LogP contribution in [0.25, 0.3) is 5.69 Å². The van der Waals surface area contributed by atoms with Crippen molar-refractivity contribution in [1.29, 1.82) is 0 Å². The van der Waals surface area contributed by atoms with Crippen LogP contribution in [-0.2, 0) is 0 Å². The molecule has 0 radical (unpaired) electrons. The number of ether oxygens (including phenoxy) is 2. The van der Waals surface area contributed by atoms with Crippen molar-refractivity contribution in [2.75, 3.05) is 18.5 Å². The van der Waals surface area contributed by atoms with E-state index >= 15 is 0 Å². The van der Waals surface area contributed by atoms with Gasteiger partial charge in [0.2, 0.25) is 0 Å². The maximum absolute atomic E-state index is 12.5. The van der Waals surface area contributed by atoms with Crippen molar-refractivity contribution in [3.63, 3.8) is 0 Å². The molecule has 4 rings (SSSR count). The monoisotopic (exact) mass is 355 g/mol. The molecule has 1 aliphatic rings. The van der Waals surface area contributed by atoms with E-state index in [0.717, 1.165) is 5.69 Å². The van der Waals surface area contributed by atoms with Crippen molar-refractivity contribution in [1.82, 2.24) is 9.55 Å². The third kappa shape index (κ3) is 3.16. The normalized spacial score (nSPS) is 12.7. The average molecular weight is 356 g/mol. The van der Waals surface area contributed by atoms with Crippen LogP contribution in [-0.4, -0.2) is 28.7 Å². The largest absolute Gasteiger partial charge is 0.486 e. The summed E-state index contributed by atoms with van der Waals surface area (Å²) in [5.41, 5.74) is 2.05. The molecule has 0 fully saturated rings. The first kappa shape index (κ1) is 15.5. The summed E-state index contributed by atoms with van der Waals surface area (Å²) < 4.78 is 12.8. The predicted octanol–water partition coefficient (Wildman–Crippen LogP) is 3.55. The first-order valence-corrected chi connectivity index (χ1v) is 8.07. The first-order valence-electron chi connectivity index (χ1n) is 7.69. The van der Waals surface area contributed by atoms with Gasteiger partial charge >= 0.3 is 0 Å². The number of rotatable bonds is 3. The molecule has 3 aromatic rings. The maximum Gasteiger partial charge on any atom is 0.255 e. The Morgan fingerprint density at radius 3 is 2.72 bits per heavy atom. The molecule has 1 aromatic heterocycles. The summed E-state index contributed by atoms with van der Waals surface area (Å²) >= 11 is 6.18. The Balaban J connectivity index is 1.53. The van der Waals surface area contributed by atoms with Gasteiger partial charge in [-0.3, -0.25) is 4.79 Å². The van der Waals surface area contributed by atoms with Crippen molar-refractivity contribution >= 4 is 23.2 Å². The molecule has 0 spiro atoms. The predicted molar refractivity (Wildman–Crippen MR) is 94.0 cm³/mol. The Bertz CT molecular complexity index is 908. The number of hydrogen-bond acceptors (Lipinski definition) is 4. The van der Waals surface area contributed by atoms with Crippen LogP contribution < -0.4 is 14.8 Å². The highest BCUT2D eigenvalue weighted by molar-refractivity contribution is 6.32. The molecule has 0 saturated carbocycles. The average Bonchev–Trinajstić information content (AvgIpc) is 3.17. The lowest BCUT2D eigenvalue weighted by molar-refractivity contribution is 0.102. The van der Waals surface area contributed by atoms with Gasteiger partial charge < -0.3 is 19.4 Å². The quantitative estimate of drug-likeness (QED) is 0.780. The number of nitrogens with one attached hydrogen (secondary N) is 1. The van der Waals surface area contributed by atoms with Crippen molar-refractivity contribution in [2.45, 2.75) is 0 Å². The van der Waals surface area contributed by atoms with Gasteiger partial charge in [0.15, 0.2) is 11.5 Å². The number of imidazole rings is 1. The van der Waals surface area contributed by atoms with Crippen LogP contribution in [0, 0.1) is 0 Å². The maximum atomic E-state index is 12.5. The van der Waals surface area contributed by atoms with Gasteiger partial charge in [-0.2, -0.15) is 0 Å². The third-order valence-electron chi connectivity index (χ3n) is 3.79. The molecule has 0 saturated heterocycles. The molecule has 0 bridgehead atoms. The van der Waals surface area contributed by atoms with Crippen LogP contribution >= 0.6 is 11.6 Å². The Morgan fingerprint density at radius 2 is 1.96 bits per heavy atom. The van der Waals surface area contributed by atoms with Crippen LogP contribution in [0.1, 0.15) is 10.4 Å². The molecule has 2 heterocycles. The highest BCUT2D eigenvalue weighted by atomic mass is 35.5. The fraction of sp³-hybridized carbons (Fsp3) is 0.111. The molecule has 0 atom stereocenters. The Labute approximate surface area is 149 Å². The van der Waals surface area contributed by atoms with E-state index in [9.17, 15) is 4.79 Å². The number of fused-ring (bicyclic) bond motifs is 1. The van der Waals surface area contributed by atoms with E-state index in [2.05, 4.69) is 10.3 Å². The van der Waals surface area contributed by atoms with Gasteiger partial charge in [0.1, 0.15) is 13.2 Å². The molecule has 126 valence electrons. The number of carbonyl (C=O) groups excluding carboxylic acids is 1. The van der Waals surface area contributed by atoms with Crippen molar-refractivity contribution in [2.24, 2.45) is 0 Å². The second-order valence-electron chi connectivity index (χ2n) is 5.45. The summed E-state index contributed by atoms with van der Waals surface area (Å²) in [5.74, 6) is 0.697. The van der Waals surface area contributed by atoms with E-state index in [1.54, 1.807) is 24.7 Å². The summed E-state index contributed by atoms with van der Waals surface area (Å²) in [7, 11) is 0. The number of aromatic nitrogens is 2. The molecule has 1 aliphatic heterocycles. The smallest absolute Gasteiger partial charge is 0.255 e. The standard InChI is InChI=1S/C18H14ClN3O3/c19-15-9-12(10-16-17(15)25-8-7-24-16)18(23)21-13-1-3-14(4-2-13)22-6-5-20-11-22/h1-6,9-11H,7-8H2,(H,21,23). The lowest BCUT2D eigenvalue weighted by Crippen LogP contribution is -2.17. The molecular formula is C18H14ClN3O3. The van der Waals surface area contributed by atoms with Crippen LogP contribution in [0.3, 0.4) is 0 Å². The second-order valence-corrected chi connectivity index (χ2v) is 5.86. The van der Waals surface area contributed by atoms with E-state index in [4.69, 9.17) is 21.1 Å². The molecule has 7 heteroatoms. The van der Waals surface area contributed by atoms with E-state index < -0.39 is 0 Å². The molecule has 0 unspecified atom stereocenters. The van der Waals surface area contributed by atoms with Gasteiger partial charge in [-0.05, 0) is 36.4 Å². The molecule has 0 aliphatic carbocycles. The van der Waals surface area contributed by atoms with E-state index in [1.807, 2.05) is 35.0 Å². The van der Waals surface area contributed by atoms with Gasteiger partial charge in [0, 0.05) is 29.3 Å². The number of halogens is 1. The number of carbonyl (C=O) groups is 1. The summed E-state index contributed by atoms with van der Waals surface area (Å²) in [6.07, 6.45) is 5.27. The molecule has 2 aromatic carbocycles. The Kier molecular flexibility index (Phi) is 4.03. The minimum absolute atomic E-state index is 0.269. The van der Waals surface area contributed by atoms with Gasteiger partial charge in [0.25, 0.3) is 5.91 Å². The Hall–Kier alpha value is -2.99.